The Morgan fingerprint density at radius 1 is 1.23 bits per heavy atom. The standard InChI is InChI=1S/C19H18N4O2S/c1-13-20-16-9-14(21-18(24)10-22-12-26-11-19(22)25)7-8-17(16)23(13)15-5-3-2-4-6-15/h2-9H,10-12H2,1H3,(H,21,24). The van der Waals surface area contributed by atoms with Gasteiger partial charge in [0.15, 0.2) is 0 Å². The van der Waals surface area contributed by atoms with E-state index in [0.29, 0.717) is 17.3 Å². The zero-order valence-electron chi connectivity index (χ0n) is 14.3. The number of carbonyl (C=O) groups is 2. The number of imidazole rings is 1. The maximum Gasteiger partial charge on any atom is 0.244 e. The van der Waals surface area contributed by atoms with Crippen molar-refractivity contribution >= 4 is 40.3 Å². The molecule has 2 amide bonds. The van der Waals surface area contributed by atoms with Gasteiger partial charge in [0.1, 0.15) is 12.4 Å². The zero-order valence-corrected chi connectivity index (χ0v) is 15.1. The minimum atomic E-state index is -0.195. The fourth-order valence-electron chi connectivity index (χ4n) is 3.10. The van der Waals surface area contributed by atoms with E-state index in [1.165, 1.54) is 11.8 Å². The molecule has 0 aliphatic carbocycles. The Balaban J connectivity index is 1.57. The summed E-state index contributed by atoms with van der Waals surface area (Å²) in [6.45, 7) is 2.04. The van der Waals surface area contributed by atoms with Crippen LogP contribution in [-0.4, -0.2) is 44.4 Å². The first kappa shape index (κ1) is 16.7. The molecule has 1 fully saturated rings. The van der Waals surface area contributed by atoms with Crippen LogP contribution in [0.25, 0.3) is 16.7 Å². The average Bonchev–Trinajstić information content (AvgIpc) is 3.17. The molecular weight excluding hydrogens is 348 g/mol. The lowest BCUT2D eigenvalue weighted by atomic mass is 10.2. The highest BCUT2D eigenvalue weighted by Crippen LogP contribution is 2.24. The van der Waals surface area contributed by atoms with Gasteiger partial charge in [-0.1, -0.05) is 18.2 Å². The summed E-state index contributed by atoms with van der Waals surface area (Å²) in [5.41, 5.74) is 3.53. The Hall–Kier alpha value is -2.80. The Labute approximate surface area is 155 Å². The molecule has 0 spiro atoms. The van der Waals surface area contributed by atoms with Crippen molar-refractivity contribution in [2.24, 2.45) is 0 Å². The number of carbonyl (C=O) groups excluding carboxylic acids is 2. The molecule has 2 aromatic carbocycles. The van der Waals surface area contributed by atoms with Crippen molar-refractivity contribution in [3.8, 4) is 5.69 Å². The topological polar surface area (TPSA) is 67.2 Å². The average molecular weight is 366 g/mol. The molecule has 6 nitrogen and oxygen atoms in total. The minimum Gasteiger partial charge on any atom is -0.324 e. The molecule has 2 heterocycles. The van der Waals surface area contributed by atoms with Gasteiger partial charge in [-0.3, -0.25) is 14.2 Å². The third-order valence-corrected chi connectivity index (χ3v) is 5.23. The number of fused-ring (bicyclic) bond motifs is 1. The molecule has 1 aliphatic heterocycles. The Morgan fingerprint density at radius 2 is 2.04 bits per heavy atom. The van der Waals surface area contributed by atoms with Gasteiger partial charge in [0, 0.05) is 11.4 Å². The number of benzene rings is 2. The lowest BCUT2D eigenvalue weighted by Crippen LogP contribution is -2.34. The van der Waals surface area contributed by atoms with E-state index in [0.717, 1.165) is 22.5 Å². The van der Waals surface area contributed by atoms with Gasteiger partial charge >= 0.3 is 0 Å². The molecule has 1 aliphatic rings. The summed E-state index contributed by atoms with van der Waals surface area (Å²) < 4.78 is 2.08. The van der Waals surface area contributed by atoms with E-state index < -0.39 is 0 Å². The highest BCUT2D eigenvalue weighted by Gasteiger charge is 2.23. The molecule has 0 radical (unpaired) electrons. The molecule has 1 aromatic heterocycles. The number of hydrogen-bond acceptors (Lipinski definition) is 4. The van der Waals surface area contributed by atoms with Crippen LogP contribution in [0.3, 0.4) is 0 Å². The number of thioether (sulfide) groups is 1. The third kappa shape index (κ3) is 3.17. The van der Waals surface area contributed by atoms with Crippen molar-refractivity contribution < 1.29 is 9.59 Å². The molecule has 0 saturated carbocycles. The van der Waals surface area contributed by atoms with Crippen LogP contribution in [0, 0.1) is 6.92 Å². The fraction of sp³-hybridized carbons (Fsp3) is 0.211. The van der Waals surface area contributed by atoms with E-state index in [9.17, 15) is 9.59 Å². The van der Waals surface area contributed by atoms with Crippen LogP contribution in [0.15, 0.2) is 48.5 Å². The van der Waals surface area contributed by atoms with Crippen molar-refractivity contribution in [1.82, 2.24) is 14.5 Å². The predicted molar refractivity (Wildman–Crippen MR) is 103 cm³/mol. The van der Waals surface area contributed by atoms with Crippen molar-refractivity contribution in [2.75, 3.05) is 23.5 Å². The van der Waals surface area contributed by atoms with Crippen LogP contribution in [0.5, 0.6) is 0 Å². The second-order valence-corrected chi connectivity index (χ2v) is 7.11. The van der Waals surface area contributed by atoms with Crippen LogP contribution in [0.4, 0.5) is 5.69 Å². The molecule has 26 heavy (non-hydrogen) atoms. The number of para-hydroxylation sites is 1. The summed E-state index contributed by atoms with van der Waals surface area (Å²) >= 11 is 1.53. The fourth-order valence-corrected chi connectivity index (χ4v) is 4.00. The maximum atomic E-state index is 12.2. The lowest BCUT2D eigenvalue weighted by molar-refractivity contribution is -0.130. The maximum absolute atomic E-state index is 12.2. The third-order valence-electron chi connectivity index (χ3n) is 4.28. The highest BCUT2D eigenvalue weighted by atomic mass is 32.2. The normalized spacial score (nSPS) is 14.2. The SMILES string of the molecule is Cc1nc2cc(NC(=O)CN3CSCC3=O)ccc2n1-c1ccccc1. The van der Waals surface area contributed by atoms with Gasteiger partial charge in [-0.2, -0.15) is 0 Å². The first-order valence-electron chi connectivity index (χ1n) is 8.32. The Bertz CT molecular complexity index is 984. The number of hydrogen-bond donors (Lipinski definition) is 1. The molecule has 7 heteroatoms. The first-order chi connectivity index (χ1) is 12.6. The van der Waals surface area contributed by atoms with Gasteiger partial charge in [-0.05, 0) is 37.3 Å². The summed E-state index contributed by atoms with van der Waals surface area (Å²) in [6, 6.07) is 15.7. The van der Waals surface area contributed by atoms with Gasteiger partial charge in [0.05, 0.1) is 22.7 Å². The molecule has 4 rings (SSSR count). The number of nitrogens with zero attached hydrogens (tertiary/aromatic N) is 3. The second-order valence-electron chi connectivity index (χ2n) is 6.15. The Morgan fingerprint density at radius 3 is 2.77 bits per heavy atom. The van der Waals surface area contributed by atoms with Crippen molar-refractivity contribution in [1.29, 1.82) is 0 Å². The smallest absolute Gasteiger partial charge is 0.244 e. The van der Waals surface area contributed by atoms with E-state index >= 15 is 0 Å². The first-order valence-corrected chi connectivity index (χ1v) is 9.47. The number of aromatic nitrogens is 2. The summed E-state index contributed by atoms with van der Waals surface area (Å²) in [4.78, 5) is 30.0. The summed E-state index contributed by atoms with van der Waals surface area (Å²) in [5.74, 6) is 1.73. The molecule has 0 unspecified atom stereocenters. The minimum absolute atomic E-state index is 0.0119. The highest BCUT2D eigenvalue weighted by molar-refractivity contribution is 8.00. The van der Waals surface area contributed by atoms with E-state index in [4.69, 9.17) is 0 Å². The largest absolute Gasteiger partial charge is 0.324 e. The van der Waals surface area contributed by atoms with Gasteiger partial charge < -0.3 is 10.2 Å². The van der Waals surface area contributed by atoms with Crippen molar-refractivity contribution in [2.45, 2.75) is 6.92 Å². The summed E-state index contributed by atoms with van der Waals surface area (Å²) in [6.07, 6.45) is 0. The van der Waals surface area contributed by atoms with Crippen LogP contribution in [0.1, 0.15) is 5.82 Å². The van der Waals surface area contributed by atoms with Gasteiger partial charge in [0.2, 0.25) is 11.8 Å². The molecule has 1 N–H and O–H groups in total. The Kier molecular flexibility index (Phi) is 4.38. The van der Waals surface area contributed by atoms with Gasteiger partial charge in [-0.15, -0.1) is 11.8 Å². The molecule has 1 saturated heterocycles. The molecule has 132 valence electrons. The number of rotatable bonds is 4. The number of aryl methyl sites for hydroxylation is 1. The number of anilines is 1. The predicted octanol–water partition coefficient (Wildman–Crippen LogP) is 2.81. The lowest BCUT2D eigenvalue weighted by Gasteiger charge is -2.14. The van der Waals surface area contributed by atoms with E-state index in [-0.39, 0.29) is 18.4 Å². The molecular formula is C19H18N4O2S. The van der Waals surface area contributed by atoms with Crippen LogP contribution in [0.2, 0.25) is 0 Å². The molecule has 0 atom stereocenters. The van der Waals surface area contributed by atoms with Crippen LogP contribution >= 0.6 is 11.8 Å². The molecule has 3 aromatic rings. The van der Waals surface area contributed by atoms with E-state index in [2.05, 4.69) is 14.9 Å². The van der Waals surface area contributed by atoms with Crippen LogP contribution in [-0.2, 0) is 9.59 Å². The van der Waals surface area contributed by atoms with E-state index in [1.54, 1.807) is 4.90 Å². The number of nitrogens with one attached hydrogen (secondary N) is 1. The zero-order chi connectivity index (χ0) is 18.1. The van der Waals surface area contributed by atoms with Crippen molar-refractivity contribution in [3.63, 3.8) is 0 Å². The summed E-state index contributed by atoms with van der Waals surface area (Å²) in [7, 11) is 0. The molecule has 0 bridgehead atoms. The van der Waals surface area contributed by atoms with Crippen molar-refractivity contribution in [3.05, 3.63) is 54.4 Å². The summed E-state index contributed by atoms with van der Waals surface area (Å²) in [5, 5.41) is 2.86. The van der Waals surface area contributed by atoms with Crippen LogP contribution < -0.4 is 5.32 Å². The van der Waals surface area contributed by atoms with Gasteiger partial charge in [0.25, 0.3) is 0 Å². The monoisotopic (exact) mass is 366 g/mol. The quantitative estimate of drug-likeness (QED) is 0.771. The van der Waals surface area contributed by atoms with E-state index in [1.807, 2.05) is 55.5 Å². The number of amides is 2. The second kappa shape index (κ2) is 6.84. The van der Waals surface area contributed by atoms with Gasteiger partial charge in [-0.25, -0.2) is 4.98 Å².